The first-order valence-corrected chi connectivity index (χ1v) is 5.15. The highest BCUT2D eigenvalue weighted by Crippen LogP contribution is 2.08. The van der Waals surface area contributed by atoms with Gasteiger partial charge >= 0.3 is 0 Å². The molecule has 16 heavy (non-hydrogen) atoms. The van der Waals surface area contributed by atoms with Gasteiger partial charge < -0.3 is 16.0 Å². The predicted octanol–water partition coefficient (Wildman–Crippen LogP) is 0.344. The first-order chi connectivity index (χ1) is 7.50. The molecular weight excluding hydrogens is 204 g/mol. The largest absolute Gasteiger partial charge is 0.398 e. The second-order valence-corrected chi connectivity index (χ2v) is 4.10. The van der Waals surface area contributed by atoms with Crippen LogP contribution in [0.1, 0.15) is 17.3 Å². The summed E-state index contributed by atoms with van der Waals surface area (Å²) in [5, 5.41) is 2.87. The summed E-state index contributed by atoms with van der Waals surface area (Å²) in [6.07, 6.45) is 3.04. The molecule has 0 bridgehead atoms. The fourth-order valence-electron chi connectivity index (χ4n) is 1.49. The van der Waals surface area contributed by atoms with Crippen molar-refractivity contribution >= 4 is 11.6 Å². The van der Waals surface area contributed by atoms with Crippen LogP contribution in [0.4, 0.5) is 5.69 Å². The van der Waals surface area contributed by atoms with Crippen molar-refractivity contribution in [2.45, 2.75) is 13.0 Å². The number of nitrogens with zero attached hydrogens (tertiary/aromatic N) is 2. The highest BCUT2D eigenvalue weighted by Gasteiger charge is 2.12. The lowest BCUT2D eigenvalue weighted by atomic mass is 10.2. The summed E-state index contributed by atoms with van der Waals surface area (Å²) >= 11 is 0. The topological polar surface area (TPSA) is 71.2 Å². The first-order valence-electron chi connectivity index (χ1n) is 5.15. The van der Waals surface area contributed by atoms with Crippen LogP contribution in [0, 0.1) is 0 Å². The molecule has 0 aliphatic carbocycles. The van der Waals surface area contributed by atoms with Crippen LogP contribution in [0.15, 0.2) is 18.5 Å². The van der Waals surface area contributed by atoms with Gasteiger partial charge in [-0.05, 0) is 27.1 Å². The van der Waals surface area contributed by atoms with Gasteiger partial charge in [0, 0.05) is 30.7 Å². The highest BCUT2D eigenvalue weighted by molar-refractivity contribution is 5.98. The second-order valence-electron chi connectivity index (χ2n) is 4.10. The minimum Gasteiger partial charge on any atom is -0.398 e. The molecule has 0 aliphatic heterocycles. The number of hydrogen-bond acceptors (Lipinski definition) is 4. The van der Waals surface area contributed by atoms with E-state index in [0.717, 1.165) is 6.54 Å². The van der Waals surface area contributed by atoms with Crippen LogP contribution >= 0.6 is 0 Å². The summed E-state index contributed by atoms with van der Waals surface area (Å²) in [6.45, 7) is 2.73. The van der Waals surface area contributed by atoms with Gasteiger partial charge in [-0.2, -0.15) is 0 Å². The molecule has 0 aromatic carbocycles. The number of nitrogens with two attached hydrogens (primary N) is 1. The van der Waals surface area contributed by atoms with Gasteiger partial charge in [-0.15, -0.1) is 0 Å². The first kappa shape index (κ1) is 12.4. The third-order valence-corrected chi connectivity index (χ3v) is 2.12. The van der Waals surface area contributed by atoms with Crippen molar-refractivity contribution in [1.82, 2.24) is 15.2 Å². The van der Waals surface area contributed by atoms with E-state index < -0.39 is 0 Å². The van der Waals surface area contributed by atoms with Crippen molar-refractivity contribution in [3.63, 3.8) is 0 Å². The summed E-state index contributed by atoms with van der Waals surface area (Å²) in [5.41, 5.74) is 6.56. The quantitative estimate of drug-likeness (QED) is 0.771. The van der Waals surface area contributed by atoms with Gasteiger partial charge in [0.2, 0.25) is 0 Å². The van der Waals surface area contributed by atoms with Crippen molar-refractivity contribution in [2.24, 2.45) is 0 Å². The maximum Gasteiger partial charge on any atom is 0.255 e. The van der Waals surface area contributed by atoms with Crippen molar-refractivity contribution < 1.29 is 4.79 Å². The molecule has 1 aromatic rings. The zero-order valence-corrected chi connectivity index (χ0v) is 9.90. The Morgan fingerprint density at radius 2 is 2.31 bits per heavy atom. The maximum atomic E-state index is 11.8. The normalized spacial score (nSPS) is 12.5. The number of carbonyl (C=O) groups excluding carboxylic acids is 1. The average molecular weight is 222 g/mol. The van der Waals surface area contributed by atoms with Crippen LogP contribution in [-0.4, -0.2) is 42.5 Å². The molecule has 5 nitrogen and oxygen atoms in total. The monoisotopic (exact) mass is 222 g/mol. The molecule has 1 unspecified atom stereocenters. The predicted molar refractivity (Wildman–Crippen MR) is 64.1 cm³/mol. The SMILES string of the molecule is CC(CN(C)C)NC(=O)c1cnccc1N. The summed E-state index contributed by atoms with van der Waals surface area (Å²) in [7, 11) is 3.92. The molecule has 1 aromatic heterocycles. The van der Waals surface area contributed by atoms with Gasteiger partial charge in [0.25, 0.3) is 5.91 Å². The number of rotatable bonds is 4. The fraction of sp³-hybridized carbons (Fsp3) is 0.455. The number of aromatic nitrogens is 1. The molecule has 0 saturated heterocycles. The number of pyridine rings is 1. The number of likely N-dealkylation sites (N-methyl/N-ethyl adjacent to an activating group) is 1. The minimum atomic E-state index is -0.181. The van der Waals surface area contributed by atoms with Crippen LogP contribution < -0.4 is 11.1 Å². The summed E-state index contributed by atoms with van der Waals surface area (Å²) in [4.78, 5) is 17.7. The van der Waals surface area contributed by atoms with E-state index in [1.165, 1.54) is 6.20 Å². The Morgan fingerprint density at radius 1 is 1.62 bits per heavy atom. The van der Waals surface area contributed by atoms with Crippen molar-refractivity contribution in [1.29, 1.82) is 0 Å². The average Bonchev–Trinajstić information content (AvgIpc) is 2.16. The van der Waals surface area contributed by atoms with Gasteiger partial charge in [0.1, 0.15) is 0 Å². The third kappa shape index (κ3) is 3.51. The van der Waals surface area contributed by atoms with E-state index in [-0.39, 0.29) is 11.9 Å². The molecule has 1 heterocycles. The van der Waals surface area contributed by atoms with Gasteiger partial charge in [-0.3, -0.25) is 9.78 Å². The smallest absolute Gasteiger partial charge is 0.255 e. The Hall–Kier alpha value is -1.62. The van der Waals surface area contributed by atoms with Gasteiger partial charge in [0.05, 0.1) is 5.56 Å². The molecule has 1 rings (SSSR count). The number of hydrogen-bond donors (Lipinski definition) is 2. The van der Waals surface area contributed by atoms with Gasteiger partial charge in [-0.25, -0.2) is 0 Å². The Morgan fingerprint density at radius 3 is 2.88 bits per heavy atom. The molecule has 1 atom stereocenters. The summed E-state index contributed by atoms with van der Waals surface area (Å²) < 4.78 is 0. The van der Waals surface area contributed by atoms with E-state index in [2.05, 4.69) is 10.3 Å². The lowest BCUT2D eigenvalue weighted by Crippen LogP contribution is -2.39. The zero-order chi connectivity index (χ0) is 12.1. The number of anilines is 1. The zero-order valence-electron chi connectivity index (χ0n) is 9.90. The van der Waals surface area contributed by atoms with Crippen LogP contribution in [0.5, 0.6) is 0 Å². The van der Waals surface area contributed by atoms with Crippen LogP contribution in [-0.2, 0) is 0 Å². The molecule has 1 amide bonds. The molecule has 5 heteroatoms. The van der Waals surface area contributed by atoms with E-state index in [4.69, 9.17) is 5.73 Å². The van der Waals surface area contributed by atoms with Crippen LogP contribution in [0.2, 0.25) is 0 Å². The number of nitrogens with one attached hydrogen (secondary N) is 1. The van der Waals surface area contributed by atoms with E-state index in [0.29, 0.717) is 11.3 Å². The number of carbonyl (C=O) groups is 1. The fourth-order valence-corrected chi connectivity index (χ4v) is 1.49. The molecule has 0 saturated carbocycles. The Kier molecular flexibility index (Phi) is 4.25. The van der Waals surface area contributed by atoms with Crippen LogP contribution in [0.3, 0.4) is 0 Å². The Balaban J connectivity index is 2.63. The van der Waals surface area contributed by atoms with Crippen molar-refractivity contribution in [2.75, 3.05) is 26.4 Å². The summed E-state index contributed by atoms with van der Waals surface area (Å²) in [5.74, 6) is -0.181. The van der Waals surface area contributed by atoms with Crippen molar-refractivity contribution in [3.8, 4) is 0 Å². The van der Waals surface area contributed by atoms with Crippen LogP contribution in [0.25, 0.3) is 0 Å². The molecule has 88 valence electrons. The van der Waals surface area contributed by atoms with E-state index in [1.807, 2.05) is 25.9 Å². The molecule has 0 radical (unpaired) electrons. The Labute approximate surface area is 95.7 Å². The van der Waals surface area contributed by atoms with E-state index in [1.54, 1.807) is 12.3 Å². The van der Waals surface area contributed by atoms with E-state index in [9.17, 15) is 4.79 Å². The molecule has 0 spiro atoms. The molecular formula is C11H18N4O. The van der Waals surface area contributed by atoms with E-state index >= 15 is 0 Å². The molecule has 0 fully saturated rings. The lowest BCUT2D eigenvalue weighted by molar-refractivity contribution is 0.0935. The third-order valence-electron chi connectivity index (χ3n) is 2.12. The Bertz CT molecular complexity index is 365. The lowest BCUT2D eigenvalue weighted by Gasteiger charge is -2.18. The molecule has 0 aliphatic rings. The summed E-state index contributed by atoms with van der Waals surface area (Å²) in [6, 6.07) is 1.69. The molecule has 3 N–H and O–H groups in total. The highest BCUT2D eigenvalue weighted by atomic mass is 16.1. The van der Waals surface area contributed by atoms with Gasteiger partial charge in [0.15, 0.2) is 0 Å². The number of amides is 1. The minimum absolute atomic E-state index is 0.0714. The standard InChI is InChI=1S/C11H18N4O/c1-8(7-15(2)3)14-11(16)9-6-13-5-4-10(9)12/h4-6,8H,7H2,1-3H3,(H2,12,13)(H,14,16). The van der Waals surface area contributed by atoms with Crippen molar-refractivity contribution in [3.05, 3.63) is 24.0 Å². The number of nitrogen functional groups attached to an aromatic ring is 1. The second kappa shape index (κ2) is 5.46. The van der Waals surface area contributed by atoms with Gasteiger partial charge in [-0.1, -0.05) is 0 Å². The maximum absolute atomic E-state index is 11.8.